The fourth-order valence-corrected chi connectivity index (χ4v) is 2.73. The van der Waals surface area contributed by atoms with E-state index in [1.807, 2.05) is 52.8 Å². The molecule has 0 radical (unpaired) electrons. The van der Waals surface area contributed by atoms with E-state index >= 15 is 0 Å². The second kappa shape index (κ2) is 7.30. The zero-order valence-electron chi connectivity index (χ0n) is 14.8. The minimum Gasteiger partial charge on any atom is -0.452 e. The lowest BCUT2D eigenvalue weighted by molar-refractivity contribution is -0.119. The maximum absolute atomic E-state index is 12.2. The number of amides is 1. The van der Waals surface area contributed by atoms with E-state index in [4.69, 9.17) is 4.74 Å². The maximum atomic E-state index is 12.2. The van der Waals surface area contributed by atoms with Gasteiger partial charge in [-0.1, -0.05) is 29.8 Å². The van der Waals surface area contributed by atoms with Crippen LogP contribution in [-0.2, 0) is 9.53 Å². The smallest absolute Gasteiger partial charge is 0.338 e. The molecule has 0 saturated carbocycles. The molecule has 0 spiro atoms. The lowest BCUT2D eigenvalue weighted by atomic mass is 10.0. The van der Waals surface area contributed by atoms with Crippen LogP contribution in [0.5, 0.6) is 0 Å². The number of ether oxygens (including phenoxy) is 1. The van der Waals surface area contributed by atoms with Crippen LogP contribution >= 0.6 is 0 Å². The number of hydrogen-bond donors (Lipinski definition) is 1. The molecular formula is C20H23NO3. The van der Waals surface area contributed by atoms with Crippen molar-refractivity contribution >= 4 is 17.6 Å². The molecule has 0 aliphatic carbocycles. The van der Waals surface area contributed by atoms with Crippen molar-refractivity contribution in [3.63, 3.8) is 0 Å². The quantitative estimate of drug-likeness (QED) is 0.864. The molecule has 0 heterocycles. The molecule has 2 aromatic carbocycles. The van der Waals surface area contributed by atoms with Crippen molar-refractivity contribution in [2.24, 2.45) is 0 Å². The molecule has 2 rings (SSSR count). The SMILES string of the molecule is Cc1cc(C)c(NC(=O)COC(=O)c2cccc(C)c2C)c(C)c1. The third-order valence-electron chi connectivity index (χ3n) is 4.10. The summed E-state index contributed by atoms with van der Waals surface area (Å²) in [6, 6.07) is 9.45. The fraction of sp³-hybridized carbons (Fsp3) is 0.300. The number of anilines is 1. The summed E-state index contributed by atoms with van der Waals surface area (Å²) in [7, 11) is 0. The van der Waals surface area contributed by atoms with Gasteiger partial charge in [-0.15, -0.1) is 0 Å². The van der Waals surface area contributed by atoms with Gasteiger partial charge in [0.1, 0.15) is 0 Å². The predicted octanol–water partition coefficient (Wildman–Crippen LogP) is 4.02. The second-order valence-corrected chi connectivity index (χ2v) is 6.15. The predicted molar refractivity (Wildman–Crippen MR) is 95.5 cm³/mol. The number of esters is 1. The van der Waals surface area contributed by atoms with E-state index in [1.54, 1.807) is 12.1 Å². The van der Waals surface area contributed by atoms with E-state index in [9.17, 15) is 9.59 Å². The molecule has 0 bridgehead atoms. The van der Waals surface area contributed by atoms with Crippen LogP contribution in [0, 0.1) is 34.6 Å². The van der Waals surface area contributed by atoms with Gasteiger partial charge in [-0.25, -0.2) is 4.79 Å². The van der Waals surface area contributed by atoms with E-state index < -0.39 is 5.97 Å². The third-order valence-corrected chi connectivity index (χ3v) is 4.10. The Morgan fingerprint density at radius 1 is 0.958 bits per heavy atom. The Hall–Kier alpha value is -2.62. The Kier molecular flexibility index (Phi) is 5.39. The van der Waals surface area contributed by atoms with Gasteiger partial charge in [0.05, 0.1) is 5.56 Å². The lowest BCUT2D eigenvalue weighted by Crippen LogP contribution is -2.22. The van der Waals surface area contributed by atoms with Crippen molar-refractivity contribution in [2.75, 3.05) is 11.9 Å². The summed E-state index contributed by atoms with van der Waals surface area (Å²) >= 11 is 0. The van der Waals surface area contributed by atoms with Crippen molar-refractivity contribution in [3.05, 3.63) is 63.7 Å². The van der Waals surface area contributed by atoms with E-state index in [0.717, 1.165) is 33.5 Å². The number of rotatable bonds is 4. The van der Waals surface area contributed by atoms with Crippen LogP contribution in [0.4, 0.5) is 5.69 Å². The first-order valence-electron chi connectivity index (χ1n) is 7.90. The summed E-state index contributed by atoms with van der Waals surface area (Å²) in [5.74, 6) is -0.826. The summed E-state index contributed by atoms with van der Waals surface area (Å²) < 4.78 is 5.15. The topological polar surface area (TPSA) is 55.4 Å². The molecular weight excluding hydrogens is 302 g/mol. The molecule has 1 N–H and O–H groups in total. The Labute approximate surface area is 142 Å². The largest absolute Gasteiger partial charge is 0.452 e. The highest BCUT2D eigenvalue weighted by atomic mass is 16.5. The molecule has 0 aromatic heterocycles. The third kappa shape index (κ3) is 4.02. The number of aryl methyl sites for hydroxylation is 4. The van der Waals surface area contributed by atoms with Crippen LogP contribution in [0.1, 0.15) is 38.2 Å². The standard InChI is InChI=1S/C20H23NO3/c1-12-9-14(3)19(15(4)10-12)21-18(22)11-24-20(23)17-8-6-7-13(2)16(17)5/h6-10H,11H2,1-5H3,(H,21,22). The minimum absolute atomic E-state index is 0.307. The zero-order valence-corrected chi connectivity index (χ0v) is 14.8. The molecule has 4 heteroatoms. The molecule has 4 nitrogen and oxygen atoms in total. The van der Waals surface area contributed by atoms with Gasteiger partial charge < -0.3 is 10.1 Å². The first kappa shape index (κ1) is 17.7. The molecule has 126 valence electrons. The minimum atomic E-state index is -0.483. The molecule has 1 amide bonds. The number of nitrogens with one attached hydrogen (secondary N) is 1. The van der Waals surface area contributed by atoms with Crippen molar-refractivity contribution < 1.29 is 14.3 Å². The lowest BCUT2D eigenvalue weighted by Gasteiger charge is -2.13. The van der Waals surface area contributed by atoms with Crippen LogP contribution in [0.25, 0.3) is 0 Å². The average molecular weight is 325 g/mol. The van der Waals surface area contributed by atoms with E-state index in [0.29, 0.717) is 5.56 Å². The summed E-state index contributed by atoms with van der Waals surface area (Å²) in [5.41, 5.74) is 6.26. The van der Waals surface area contributed by atoms with Gasteiger partial charge in [-0.2, -0.15) is 0 Å². The van der Waals surface area contributed by atoms with Crippen molar-refractivity contribution in [3.8, 4) is 0 Å². The highest BCUT2D eigenvalue weighted by Gasteiger charge is 2.14. The van der Waals surface area contributed by atoms with Crippen molar-refractivity contribution in [2.45, 2.75) is 34.6 Å². The number of carbonyl (C=O) groups excluding carboxylic acids is 2. The molecule has 0 saturated heterocycles. The van der Waals surface area contributed by atoms with Crippen LogP contribution in [0.3, 0.4) is 0 Å². The van der Waals surface area contributed by atoms with E-state index in [2.05, 4.69) is 5.32 Å². The molecule has 0 aliphatic heterocycles. The Balaban J connectivity index is 2.01. The normalized spacial score (nSPS) is 10.4. The summed E-state index contributed by atoms with van der Waals surface area (Å²) in [6.07, 6.45) is 0. The van der Waals surface area contributed by atoms with Crippen LogP contribution < -0.4 is 5.32 Å². The highest BCUT2D eigenvalue weighted by Crippen LogP contribution is 2.21. The monoisotopic (exact) mass is 325 g/mol. The number of carbonyl (C=O) groups is 2. The number of hydrogen-bond acceptors (Lipinski definition) is 3. The van der Waals surface area contributed by atoms with Gasteiger partial charge in [-0.05, 0) is 62.9 Å². The fourth-order valence-electron chi connectivity index (χ4n) is 2.73. The molecule has 0 atom stereocenters. The Morgan fingerprint density at radius 2 is 1.58 bits per heavy atom. The van der Waals surface area contributed by atoms with Crippen LogP contribution in [0.15, 0.2) is 30.3 Å². The first-order chi connectivity index (χ1) is 11.3. The molecule has 2 aromatic rings. The molecule has 0 fully saturated rings. The Bertz CT molecular complexity index is 770. The second-order valence-electron chi connectivity index (χ2n) is 6.15. The summed E-state index contributed by atoms with van der Waals surface area (Å²) in [5, 5.41) is 2.82. The maximum Gasteiger partial charge on any atom is 0.338 e. The van der Waals surface area contributed by atoms with Gasteiger partial charge in [-0.3, -0.25) is 4.79 Å². The van der Waals surface area contributed by atoms with Gasteiger partial charge >= 0.3 is 5.97 Å². The summed E-state index contributed by atoms with van der Waals surface area (Å²) in [6.45, 7) is 9.39. The van der Waals surface area contributed by atoms with E-state index in [1.165, 1.54) is 0 Å². The first-order valence-corrected chi connectivity index (χ1v) is 7.90. The van der Waals surface area contributed by atoms with Gasteiger partial charge in [0.15, 0.2) is 6.61 Å². The number of benzene rings is 2. The van der Waals surface area contributed by atoms with Gasteiger partial charge in [0.2, 0.25) is 0 Å². The summed E-state index contributed by atoms with van der Waals surface area (Å²) in [4.78, 5) is 24.3. The highest BCUT2D eigenvalue weighted by molar-refractivity contribution is 5.97. The van der Waals surface area contributed by atoms with Crippen molar-refractivity contribution in [1.29, 1.82) is 0 Å². The molecule has 24 heavy (non-hydrogen) atoms. The average Bonchev–Trinajstić information content (AvgIpc) is 2.51. The van der Waals surface area contributed by atoms with Crippen LogP contribution in [-0.4, -0.2) is 18.5 Å². The van der Waals surface area contributed by atoms with E-state index in [-0.39, 0.29) is 12.5 Å². The van der Waals surface area contributed by atoms with Gasteiger partial charge in [0, 0.05) is 5.69 Å². The van der Waals surface area contributed by atoms with Crippen molar-refractivity contribution in [1.82, 2.24) is 0 Å². The Morgan fingerprint density at radius 3 is 2.21 bits per heavy atom. The molecule has 0 unspecified atom stereocenters. The zero-order chi connectivity index (χ0) is 17.9. The van der Waals surface area contributed by atoms with Crippen LogP contribution in [0.2, 0.25) is 0 Å². The molecule has 0 aliphatic rings. The van der Waals surface area contributed by atoms with Gasteiger partial charge in [0.25, 0.3) is 5.91 Å².